The Morgan fingerprint density at radius 2 is 1.67 bits per heavy atom. The number of amides is 1. The molecular weight excluding hydrogens is 326 g/mol. The van der Waals surface area contributed by atoms with E-state index in [1.54, 1.807) is 56.6 Å². The van der Waals surface area contributed by atoms with Gasteiger partial charge in [0.05, 0.1) is 0 Å². The van der Waals surface area contributed by atoms with E-state index in [1.807, 2.05) is 12.1 Å². The van der Waals surface area contributed by atoms with Crippen molar-refractivity contribution in [3.8, 4) is 5.75 Å². The van der Waals surface area contributed by atoms with Gasteiger partial charge in [-0.2, -0.15) is 0 Å². The number of nitrogens with zero attached hydrogens (tertiary/aromatic N) is 1. The Kier molecular flexibility index (Phi) is 6.15. The highest BCUT2D eigenvalue weighted by Gasteiger charge is 2.06. The molecule has 0 aliphatic heterocycles. The average Bonchev–Trinajstić information content (AvgIpc) is 2.59. The zero-order valence-electron chi connectivity index (χ0n) is 13.5. The standard InChI is InChI=1S/C19H18ClNO3/c1-21(2)19(23)13-24-17-10-6-15(7-11-17)18(22)12-5-14-3-8-16(20)9-4-14/h3-12H,13H2,1-2H3/b12-5+. The highest BCUT2D eigenvalue weighted by Crippen LogP contribution is 2.14. The Bertz CT molecular complexity index is 734. The number of ketones is 1. The van der Waals surface area contributed by atoms with Crippen LogP contribution in [0.3, 0.4) is 0 Å². The third-order valence-corrected chi connectivity index (χ3v) is 3.55. The van der Waals surface area contributed by atoms with Crippen LogP contribution < -0.4 is 4.74 Å². The van der Waals surface area contributed by atoms with Gasteiger partial charge in [-0.15, -0.1) is 0 Å². The fourth-order valence-electron chi connectivity index (χ4n) is 1.83. The van der Waals surface area contributed by atoms with Crippen LogP contribution in [-0.2, 0) is 4.79 Å². The van der Waals surface area contributed by atoms with Crippen molar-refractivity contribution in [2.24, 2.45) is 0 Å². The monoisotopic (exact) mass is 343 g/mol. The maximum absolute atomic E-state index is 12.1. The number of hydrogen-bond donors (Lipinski definition) is 0. The minimum absolute atomic E-state index is 0.0310. The first kappa shape index (κ1) is 17.8. The number of allylic oxidation sites excluding steroid dienone is 1. The summed E-state index contributed by atoms with van der Waals surface area (Å²) in [5.41, 5.74) is 1.45. The van der Waals surface area contributed by atoms with Gasteiger partial charge in [-0.05, 0) is 48.0 Å². The van der Waals surface area contributed by atoms with E-state index in [-0.39, 0.29) is 18.3 Å². The van der Waals surface area contributed by atoms with Crippen LogP contribution in [0.2, 0.25) is 5.02 Å². The Labute approximate surface area is 146 Å². The predicted molar refractivity (Wildman–Crippen MR) is 95.4 cm³/mol. The molecule has 0 saturated carbocycles. The maximum atomic E-state index is 12.1. The van der Waals surface area contributed by atoms with Crippen molar-refractivity contribution in [2.75, 3.05) is 20.7 Å². The quantitative estimate of drug-likeness (QED) is 0.593. The minimum atomic E-state index is -0.124. The molecule has 0 aliphatic rings. The number of ether oxygens (including phenoxy) is 1. The van der Waals surface area contributed by atoms with Crippen molar-refractivity contribution in [3.05, 3.63) is 70.8 Å². The lowest BCUT2D eigenvalue weighted by Crippen LogP contribution is -2.27. The lowest BCUT2D eigenvalue weighted by Gasteiger charge is -2.11. The van der Waals surface area contributed by atoms with Crippen molar-refractivity contribution in [1.82, 2.24) is 4.90 Å². The molecule has 0 saturated heterocycles. The summed E-state index contributed by atoms with van der Waals surface area (Å²) in [6, 6.07) is 13.9. The third-order valence-electron chi connectivity index (χ3n) is 3.30. The molecule has 0 aromatic heterocycles. The molecule has 0 N–H and O–H groups in total. The van der Waals surface area contributed by atoms with Gasteiger partial charge in [-0.1, -0.05) is 29.8 Å². The number of rotatable bonds is 6. The van der Waals surface area contributed by atoms with Crippen LogP contribution in [0.15, 0.2) is 54.6 Å². The van der Waals surface area contributed by atoms with Crippen molar-refractivity contribution in [1.29, 1.82) is 0 Å². The van der Waals surface area contributed by atoms with Crippen molar-refractivity contribution < 1.29 is 14.3 Å². The molecule has 2 rings (SSSR count). The minimum Gasteiger partial charge on any atom is -0.484 e. The summed E-state index contributed by atoms with van der Waals surface area (Å²) >= 11 is 5.82. The van der Waals surface area contributed by atoms with E-state index in [9.17, 15) is 9.59 Å². The van der Waals surface area contributed by atoms with Crippen molar-refractivity contribution in [3.63, 3.8) is 0 Å². The van der Waals surface area contributed by atoms with Crippen LogP contribution in [0.5, 0.6) is 5.75 Å². The number of benzene rings is 2. The second kappa shape index (κ2) is 8.31. The van der Waals surface area contributed by atoms with Gasteiger partial charge in [0, 0.05) is 24.7 Å². The van der Waals surface area contributed by atoms with Gasteiger partial charge in [-0.3, -0.25) is 9.59 Å². The maximum Gasteiger partial charge on any atom is 0.259 e. The van der Waals surface area contributed by atoms with Gasteiger partial charge < -0.3 is 9.64 Å². The molecule has 2 aromatic rings. The van der Waals surface area contributed by atoms with Crippen LogP contribution in [0.1, 0.15) is 15.9 Å². The molecule has 0 aliphatic carbocycles. The Morgan fingerprint density at radius 3 is 2.25 bits per heavy atom. The largest absolute Gasteiger partial charge is 0.484 e. The van der Waals surface area contributed by atoms with Gasteiger partial charge in [-0.25, -0.2) is 0 Å². The fraction of sp³-hybridized carbons (Fsp3) is 0.158. The summed E-state index contributed by atoms with van der Waals surface area (Å²) in [5.74, 6) is 0.311. The van der Waals surface area contributed by atoms with E-state index in [0.29, 0.717) is 16.3 Å². The van der Waals surface area contributed by atoms with E-state index in [0.717, 1.165) is 5.56 Å². The van der Waals surface area contributed by atoms with Gasteiger partial charge in [0.1, 0.15) is 5.75 Å². The molecular formula is C19H18ClNO3. The van der Waals surface area contributed by atoms with Crippen molar-refractivity contribution in [2.45, 2.75) is 0 Å². The summed E-state index contributed by atoms with van der Waals surface area (Å²) in [5, 5.41) is 0.654. The predicted octanol–water partition coefficient (Wildman–Crippen LogP) is 3.70. The summed E-state index contributed by atoms with van der Waals surface area (Å²) in [6.07, 6.45) is 3.24. The summed E-state index contributed by atoms with van der Waals surface area (Å²) < 4.78 is 5.37. The Morgan fingerprint density at radius 1 is 1.04 bits per heavy atom. The normalized spacial score (nSPS) is 10.6. The summed E-state index contributed by atoms with van der Waals surface area (Å²) in [4.78, 5) is 25.1. The van der Waals surface area contributed by atoms with E-state index in [1.165, 1.54) is 11.0 Å². The molecule has 4 nitrogen and oxygen atoms in total. The number of likely N-dealkylation sites (N-methyl/N-ethyl adjacent to an activating group) is 1. The molecule has 1 amide bonds. The van der Waals surface area contributed by atoms with E-state index in [2.05, 4.69) is 0 Å². The molecule has 124 valence electrons. The molecule has 0 atom stereocenters. The SMILES string of the molecule is CN(C)C(=O)COc1ccc(C(=O)/C=C/c2ccc(Cl)cc2)cc1. The van der Waals surface area contributed by atoms with Gasteiger partial charge in [0.25, 0.3) is 5.91 Å². The van der Waals surface area contributed by atoms with Gasteiger partial charge >= 0.3 is 0 Å². The molecule has 0 unspecified atom stereocenters. The molecule has 0 heterocycles. The number of hydrogen-bond acceptors (Lipinski definition) is 3. The van der Waals surface area contributed by atoms with Crippen LogP contribution >= 0.6 is 11.6 Å². The smallest absolute Gasteiger partial charge is 0.259 e. The molecule has 0 radical (unpaired) electrons. The second-order valence-electron chi connectivity index (χ2n) is 5.35. The molecule has 5 heteroatoms. The fourth-order valence-corrected chi connectivity index (χ4v) is 1.96. The molecule has 24 heavy (non-hydrogen) atoms. The van der Waals surface area contributed by atoms with Gasteiger partial charge in [0.2, 0.25) is 0 Å². The first-order chi connectivity index (χ1) is 11.5. The van der Waals surface area contributed by atoms with E-state index < -0.39 is 0 Å². The average molecular weight is 344 g/mol. The highest BCUT2D eigenvalue weighted by atomic mass is 35.5. The second-order valence-corrected chi connectivity index (χ2v) is 5.79. The molecule has 0 bridgehead atoms. The Balaban J connectivity index is 1.95. The van der Waals surface area contributed by atoms with Crippen molar-refractivity contribution >= 4 is 29.4 Å². The topological polar surface area (TPSA) is 46.6 Å². The first-order valence-corrected chi connectivity index (χ1v) is 7.74. The third kappa shape index (κ3) is 5.25. The molecule has 0 spiro atoms. The van der Waals surface area contributed by atoms with Crippen LogP contribution in [0.25, 0.3) is 6.08 Å². The van der Waals surface area contributed by atoms with Gasteiger partial charge in [0.15, 0.2) is 12.4 Å². The number of carbonyl (C=O) groups is 2. The molecule has 2 aromatic carbocycles. The van der Waals surface area contributed by atoms with Crippen LogP contribution in [-0.4, -0.2) is 37.3 Å². The number of carbonyl (C=O) groups excluding carboxylic acids is 2. The van der Waals surface area contributed by atoms with Crippen LogP contribution in [0.4, 0.5) is 0 Å². The Hall–Kier alpha value is -2.59. The highest BCUT2D eigenvalue weighted by molar-refractivity contribution is 6.30. The first-order valence-electron chi connectivity index (χ1n) is 7.37. The number of halogens is 1. The van der Waals surface area contributed by atoms with Crippen LogP contribution in [0, 0.1) is 0 Å². The van der Waals surface area contributed by atoms with E-state index in [4.69, 9.17) is 16.3 Å². The zero-order valence-corrected chi connectivity index (χ0v) is 14.3. The zero-order chi connectivity index (χ0) is 17.5. The molecule has 0 fully saturated rings. The lowest BCUT2D eigenvalue weighted by molar-refractivity contribution is -0.130. The summed E-state index contributed by atoms with van der Waals surface area (Å²) in [6.45, 7) is -0.0310. The lowest BCUT2D eigenvalue weighted by atomic mass is 10.1. The summed E-state index contributed by atoms with van der Waals surface area (Å²) in [7, 11) is 3.33. The van der Waals surface area contributed by atoms with E-state index >= 15 is 0 Å².